The molecule has 2 rings (SSSR count). The Bertz CT molecular complexity index is 255. The highest BCUT2D eigenvalue weighted by atomic mass is 16.5. The zero-order valence-corrected chi connectivity index (χ0v) is 10.6. The average Bonchev–Trinajstić information content (AvgIpc) is 3.08. The van der Waals surface area contributed by atoms with E-state index in [9.17, 15) is 4.79 Å². The summed E-state index contributed by atoms with van der Waals surface area (Å²) in [6.07, 6.45) is 5.47. The molecule has 0 aromatic heterocycles. The Morgan fingerprint density at radius 3 is 2.19 bits per heavy atom. The molecule has 3 heteroatoms. The molecule has 0 spiro atoms. The lowest BCUT2D eigenvalue weighted by Gasteiger charge is -2.26. The third-order valence-corrected chi connectivity index (χ3v) is 3.78. The lowest BCUT2D eigenvalue weighted by atomic mass is 9.92. The molecule has 0 aliphatic heterocycles. The standard InChI is InChI=1S/C13H23NO2/c1-13(2,12(15)16-3)8-14-11(9-4-5-9)10-6-7-10/h9-11,14H,4-8H2,1-3H3. The van der Waals surface area contributed by atoms with Gasteiger partial charge >= 0.3 is 5.97 Å². The maximum atomic E-state index is 11.6. The van der Waals surface area contributed by atoms with Crippen molar-refractivity contribution in [2.24, 2.45) is 17.3 Å². The van der Waals surface area contributed by atoms with Crippen LogP contribution in [0.4, 0.5) is 0 Å². The molecule has 0 bridgehead atoms. The van der Waals surface area contributed by atoms with Gasteiger partial charge in [-0.2, -0.15) is 0 Å². The van der Waals surface area contributed by atoms with E-state index >= 15 is 0 Å². The van der Waals surface area contributed by atoms with E-state index in [1.165, 1.54) is 32.8 Å². The van der Waals surface area contributed by atoms with Crippen LogP contribution in [0, 0.1) is 17.3 Å². The zero-order valence-electron chi connectivity index (χ0n) is 10.6. The lowest BCUT2D eigenvalue weighted by Crippen LogP contribution is -2.43. The van der Waals surface area contributed by atoms with E-state index in [0.717, 1.165) is 18.4 Å². The second kappa shape index (κ2) is 4.36. The van der Waals surface area contributed by atoms with Gasteiger partial charge in [-0.3, -0.25) is 4.79 Å². The molecule has 2 aliphatic rings. The minimum absolute atomic E-state index is 0.120. The fourth-order valence-electron chi connectivity index (χ4n) is 2.35. The first-order valence-electron chi connectivity index (χ1n) is 6.36. The van der Waals surface area contributed by atoms with E-state index < -0.39 is 5.41 Å². The van der Waals surface area contributed by atoms with Crippen molar-refractivity contribution in [3.8, 4) is 0 Å². The van der Waals surface area contributed by atoms with Crippen LogP contribution in [0.25, 0.3) is 0 Å². The highest BCUT2D eigenvalue weighted by Crippen LogP contribution is 2.44. The van der Waals surface area contributed by atoms with Gasteiger partial charge in [0.25, 0.3) is 0 Å². The Hall–Kier alpha value is -0.570. The zero-order chi connectivity index (χ0) is 11.8. The van der Waals surface area contributed by atoms with E-state index in [4.69, 9.17) is 4.74 Å². The van der Waals surface area contributed by atoms with Crippen LogP contribution in [-0.2, 0) is 9.53 Å². The van der Waals surface area contributed by atoms with Gasteiger partial charge in [-0.05, 0) is 51.4 Å². The van der Waals surface area contributed by atoms with Gasteiger partial charge in [0, 0.05) is 12.6 Å². The number of carbonyl (C=O) groups excluding carboxylic acids is 1. The van der Waals surface area contributed by atoms with E-state index in [-0.39, 0.29) is 5.97 Å². The molecule has 1 N–H and O–H groups in total. The molecule has 0 radical (unpaired) electrons. The SMILES string of the molecule is COC(=O)C(C)(C)CNC(C1CC1)C1CC1. The van der Waals surface area contributed by atoms with Gasteiger partial charge in [-0.25, -0.2) is 0 Å². The molecule has 0 aromatic rings. The minimum Gasteiger partial charge on any atom is -0.469 e. The van der Waals surface area contributed by atoms with Crippen molar-refractivity contribution in [2.75, 3.05) is 13.7 Å². The van der Waals surface area contributed by atoms with Crippen LogP contribution in [0.2, 0.25) is 0 Å². The lowest BCUT2D eigenvalue weighted by molar-refractivity contribution is -0.150. The maximum absolute atomic E-state index is 11.6. The Balaban J connectivity index is 1.82. The highest BCUT2D eigenvalue weighted by molar-refractivity contribution is 5.76. The quantitative estimate of drug-likeness (QED) is 0.702. The molecule has 0 unspecified atom stereocenters. The first-order chi connectivity index (χ1) is 7.54. The summed E-state index contributed by atoms with van der Waals surface area (Å²) in [7, 11) is 1.46. The third kappa shape index (κ3) is 2.76. The van der Waals surface area contributed by atoms with Gasteiger partial charge in [0.15, 0.2) is 0 Å². The van der Waals surface area contributed by atoms with Gasteiger partial charge < -0.3 is 10.1 Å². The van der Waals surface area contributed by atoms with E-state index in [0.29, 0.717) is 6.04 Å². The topological polar surface area (TPSA) is 38.3 Å². The molecule has 0 saturated heterocycles. The summed E-state index contributed by atoms with van der Waals surface area (Å²) < 4.78 is 4.82. The van der Waals surface area contributed by atoms with Crippen molar-refractivity contribution >= 4 is 5.97 Å². The van der Waals surface area contributed by atoms with E-state index in [1.807, 2.05) is 13.8 Å². The van der Waals surface area contributed by atoms with Gasteiger partial charge in [-0.15, -0.1) is 0 Å². The van der Waals surface area contributed by atoms with Crippen molar-refractivity contribution in [2.45, 2.75) is 45.6 Å². The molecule has 16 heavy (non-hydrogen) atoms. The number of methoxy groups -OCH3 is 1. The van der Waals surface area contributed by atoms with Crippen molar-refractivity contribution in [3.05, 3.63) is 0 Å². The number of nitrogens with one attached hydrogen (secondary N) is 1. The predicted octanol–water partition coefficient (Wildman–Crippen LogP) is 1.96. The number of hydrogen-bond donors (Lipinski definition) is 1. The van der Waals surface area contributed by atoms with E-state index in [1.54, 1.807) is 0 Å². The predicted molar refractivity (Wildman–Crippen MR) is 63.0 cm³/mol. The Morgan fingerprint density at radius 2 is 1.81 bits per heavy atom. The number of esters is 1. The van der Waals surface area contributed by atoms with Crippen LogP contribution in [0.15, 0.2) is 0 Å². The maximum Gasteiger partial charge on any atom is 0.312 e. The first kappa shape index (κ1) is 11.9. The summed E-state index contributed by atoms with van der Waals surface area (Å²) in [6, 6.07) is 0.656. The molecule has 0 atom stereocenters. The van der Waals surface area contributed by atoms with Crippen LogP contribution < -0.4 is 5.32 Å². The highest BCUT2D eigenvalue weighted by Gasteiger charge is 2.42. The number of ether oxygens (including phenoxy) is 1. The van der Waals surface area contributed by atoms with Crippen molar-refractivity contribution in [1.29, 1.82) is 0 Å². The first-order valence-corrected chi connectivity index (χ1v) is 6.36. The minimum atomic E-state index is -0.406. The third-order valence-electron chi connectivity index (χ3n) is 3.78. The fraction of sp³-hybridized carbons (Fsp3) is 0.923. The summed E-state index contributed by atoms with van der Waals surface area (Å²) >= 11 is 0. The van der Waals surface area contributed by atoms with Crippen molar-refractivity contribution < 1.29 is 9.53 Å². The molecule has 2 fully saturated rings. The monoisotopic (exact) mass is 225 g/mol. The van der Waals surface area contributed by atoms with Crippen LogP contribution in [0.5, 0.6) is 0 Å². The molecule has 0 heterocycles. The van der Waals surface area contributed by atoms with Crippen LogP contribution >= 0.6 is 0 Å². The second-order valence-corrected chi connectivity index (χ2v) is 5.96. The average molecular weight is 225 g/mol. The van der Waals surface area contributed by atoms with Gasteiger partial charge in [-0.1, -0.05) is 0 Å². The summed E-state index contributed by atoms with van der Waals surface area (Å²) in [4.78, 5) is 11.6. The summed E-state index contributed by atoms with van der Waals surface area (Å²) in [6.45, 7) is 4.63. The van der Waals surface area contributed by atoms with Gasteiger partial charge in [0.2, 0.25) is 0 Å². The Labute approximate surface area is 97.9 Å². The van der Waals surface area contributed by atoms with E-state index in [2.05, 4.69) is 5.32 Å². The number of hydrogen-bond acceptors (Lipinski definition) is 3. The van der Waals surface area contributed by atoms with Crippen molar-refractivity contribution in [1.82, 2.24) is 5.32 Å². The molecular weight excluding hydrogens is 202 g/mol. The molecule has 3 nitrogen and oxygen atoms in total. The second-order valence-electron chi connectivity index (χ2n) is 5.96. The summed E-state index contributed by atoms with van der Waals surface area (Å²) in [5.74, 6) is 1.63. The van der Waals surface area contributed by atoms with Crippen LogP contribution in [0.1, 0.15) is 39.5 Å². The molecular formula is C13H23NO2. The Morgan fingerprint density at radius 1 is 1.31 bits per heavy atom. The van der Waals surface area contributed by atoms with Crippen LogP contribution in [-0.4, -0.2) is 25.7 Å². The molecule has 2 saturated carbocycles. The molecule has 92 valence electrons. The number of rotatable bonds is 6. The van der Waals surface area contributed by atoms with Crippen LogP contribution in [0.3, 0.4) is 0 Å². The smallest absolute Gasteiger partial charge is 0.312 e. The van der Waals surface area contributed by atoms with Gasteiger partial charge in [0.05, 0.1) is 12.5 Å². The summed E-state index contributed by atoms with van der Waals surface area (Å²) in [5, 5.41) is 3.60. The van der Waals surface area contributed by atoms with Gasteiger partial charge in [0.1, 0.15) is 0 Å². The fourth-order valence-corrected chi connectivity index (χ4v) is 2.35. The number of carbonyl (C=O) groups is 1. The van der Waals surface area contributed by atoms with Crippen molar-refractivity contribution in [3.63, 3.8) is 0 Å². The normalized spacial score (nSPS) is 21.2. The molecule has 0 aromatic carbocycles. The molecule has 2 aliphatic carbocycles. The molecule has 0 amide bonds. The Kier molecular flexibility index (Phi) is 3.24. The summed E-state index contributed by atoms with van der Waals surface area (Å²) in [5.41, 5.74) is -0.406. The largest absolute Gasteiger partial charge is 0.469 e.